The van der Waals surface area contributed by atoms with Crippen LogP contribution in [-0.4, -0.2) is 35.2 Å². The first-order chi connectivity index (χ1) is 8.84. The van der Waals surface area contributed by atoms with E-state index in [0.717, 1.165) is 19.6 Å². The minimum absolute atomic E-state index is 0.565. The molecule has 4 heteroatoms. The van der Waals surface area contributed by atoms with Crippen LogP contribution >= 0.6 is 0 Å². The van der Waals surface area contributed by atoms with E-state index in [9.17, 15) is 0 Å². The summed E-state index contributed by atoms with van der Waals surface area (Å²) in [5.74, 6) is 1.19. The first-order valence-electron chi connectivity index (χ1n) is 7.36. The summed E-state index contributed by atoms with van der Waals surface area (Å²) in [6.45, 7) is 5.47. The Labute approximate surface area is 109 Å². The molecular weight excluding hydrogens is 224 g/mol. The van der Waals surface area contributed by atoms with Crippen LogP contribution < -0.4 is 10.2 Å². The van der Waals surface area contributed by atoms with Crippen LogP contribution in [-0.2, 0) is 0 Å². The van der Waals surface area contributed by atoms with Gasteiger partial charge in [0.05, 0.1) is 0 Å². The molecule has 0 bridgehead atoms. The minimum Gasteiger partial charge on any atom is -0.339 e. The Kier molecular flexibility index (Phi) is 3.55. The molecule has 1 aromatic rings. The highest BCUT2D eigenvalue weighted by atomic mass is 15.3. The Morgan fingerprint density at radius 1 is 1.28 bits per heavy atom. The molecule has 1 aromatic heterocycles. The molecule has 0 spiro atoms. The molecule has 0 amide bonds. The van der Waals surface area contributed by atoms with Crippen molar-refractivity contribution in [2.45, 2.75) is 51.1 Å². The maximum atomic E-state index is 4.61. The van der Waals surface area contributed by atoms with Crippen molar-refractivity contribution < 1.29 is 0 Å². The highest BCUT2D eigenvalue weighted by molar-refractivity contribution is 5.33. The monoisotopic (exact) mass is 248 g/mol. The largest absolute Gasteiger partial charge is 0.339 e. The van der Waals surface area contributed by atoms with Gasteiger partial charge in [0.15, 0.2) is 0 Å². The van der Waals surface area contributed by atoms with Crippen LogP contribution in [0.15, 0.2) is 12.4 Å². The molecule has 1 N–H and O–H groups in total. The average Bonchev–Trinajstić information content (AvgIpc) is 2.89. The normalized spacial score (nSPS) is 26.5. The summed E-state index contributed by atoms with van der Waals surface area (Å²) in [6, 6.07) is 1.25. The third-order valence-electron chi connectivity index (χ3n) is 4.27. The summed E-state index contributed by atoms with van der Waals surface area (Å²) >= 11 is 0. The highest BCUT2D eigenvalue weighted by Crippen LogP contribution is 2.31. The number of nitrogens with one attached hydrogen (secondary N) is 1. The topological polar surface area (TPSA) is 33.1 Å². The fraction of sp³-hybridized carbons (Fsp3) is 0.786. The van der Waals surface area contributed by atoms with Gasteiger partial charge in [-0.3, -0.25) is 0 Å². The predicted molar refractivity (Wildman–Crippen MR) is 74.0 cm³/mol. The molecule has 100 valence electrons. The molecule has 4 nitrogen and oxygen atoms in total. The van der Waals surface area contributed by atoms with Crippen molar-refractivity contribution in [3.8, 4) is 0 Å². The first-order valence-corrected chi connectivity index (χ1v) is 7.36. The van der Waals surface area contributed by atoms with Crippen LogP contribution in [0, 0.1) is 0 Å². The van der Waals surface area contributed by atoms with E-state index < -0.39 is 0 Å². The summed E-state index contributed by atoms with van der Waals surface area (Å²) in [5.41, 5.74) is 0. The van der Waals surface area contributed by atoms with E-state index in [1.54, 1.807) is 0 Å². The molecule has 1 saturated carbocycles. The Bertz CT molecular complexity index is 381. The van der Waals surface area contributed by atoms with Crippen molar-refractivity contribution >= 4 is 5.95 Å². The van der Waals surface area contributed by atoms with E-state index in [2.05, 4.69) is 32.9 Å². The van der Waals surface area contributed by atoms with E-state index in [-0.39, 0.29) is 0 Å². The summed E-state index contributed by atoms with van der Waals surface area (Å²) in [5, 5.41) is 3.49. The smallest absolute Gasteiger partial charge is 0.205 e. The summed E-state index contributed by atoms with van der Waals surface area (Å²) < 4.78 is 2.43. The van der Waals surface area contributed by atoms with Crippen LogP contribution in [0.1, 0.15) is 45.1 Å². The lowest BCUT2D eigenvalue weighted by atomic mass is 9.95. The third kappa shape index (κ3) is 2.39. The number of hydrogen-bond acceptors (Lipinski definition) is 3. The van der Waals surface area contributed by atoms with Gasteiger partial charge in [-0.25, -0.2) is 4.98 Å². The summed E-state index contributed by atoms with van der Waals surface area (Å²) in [7, 11) is 0. The Morgan fingerprint density at radius 2 is 2.11 bits per heavy atom. The fourth-order valence-corrected chi connectivity index (χ4v) is 3.31. The molecule has 1 aliphatic heterocycles. The number of piperazine rings is 1. The van der Waals surface area contributed by atoms with E-state index in [4.69, 9.17) is 0 Å². The zero-order valence-electron chi connectivity index (χ0n) is 11.3. The number of rotatable bonds is 2. The van der Waals surface area contributed by atoms with Gasteiger partial charge in [-0.15, -0.1) is 0 Å². The molecule has 1 atom stereocenters. The lowest BCUT2D eigenvalue weighted by Gasteiger charge is -2.35. The number of imidazole rings is 1. The molecule has 2 fully saturated rings. The van der Waals surface area contributed by atoms with Crippen molar-refractivity contribution in [1.82, 2.24) is 14.9 Å². The maximum absolute atomic E-state index is 4.61. The van der Waals surface area contributed by atoms with Gasteiger partial charge in [-0.05, 0) is 19.8 Å². The Balaban J connectivity index is 1.77. The van der Waals surface area contributed by atoms with E-state index in [0.29, 0.717) is 12.1 Å². The zero-order valence-corrected chi connectivity index (χ0v) is 11.3. The molecule has 1 saturated heterocycles. The van der Waals surface area contributed by atoms with Gasteiger partial charge in [0.1, 0.15) is 0 Å². The van der Waals surface area contributed by atoms with E-state index >= 15 is 0 Å². The fourth-order valence-electron chi connectivity index (χ4n) is 3.31. The van der Waals surface area contributed by atoms with Gasteiger partial charge in [0.2, 0.25) is 5.95 Å². The Morgan fingerprint density at radius 3 is 2.89 bits per heavy atom. The average molecular weight is 248 g/mol. The number of hydrogen-bond donors (Lipinski definition) is 1. The summed E-state index contributed by atoms with van der Waals surface area (Å²) in [4.78, 5) is 7.05. The predicted octanol–water partition coefficient (Wildman–Crippen LogP) is 2.19. The van der Waals surface area contributed by atoms with Gasteiger partial charge < -0.3 is 14.8 Å². The maximum Gasteiger partial charge on any atom is 0.205 e. The van der Waals surface area contributed by atoms with E-state index in [1.807, 2.05) is 6.20 Å². The van der Waals surface area contributed by atoms with Crippen LogP contribution in [0.3, 0.4) is 0 Å². The Hall–Kier alpha value is -1.03. The molecule has 2 aliphatic rings. The molecule has 0 aromatic carbocycles. The molecule has 1 aliphatic carbocycles. The summed E-state index contributed by atoms with van der Waals surface area (Å²) in [6.07, 6.45) is 11.0. The van der Waals surface area contributed by atoms with Crippen LogP contribution in [0.4, 0.5) is 5.95 Å². The first kappa shape index (κ1) is 12.0. The molecule has 0 radical (unpaired) electrons. The SMILES string of the molecule is C[C@H]1CN(c2nccn2C2CCCCC2)CCN1. The van der Waals surface area contributed by atoms with Crippen molar-refractivity contribution in [3.05, 3.63) is 12.4 Å². The van der Waals surface area contributed by atoms with Crippen LogP contribution in [0.5, 0.6) is 0 Å². The van der Waals surface area contributed by atoms with Crippen molar-refractivity contribution in [3.63, 3.8) is 0 Å². The lowest BCUT2D eigenvalue weighted by molar-refractivity contribution is 0.350. The highest BCUT2D eigenvalue weighted by Gasteiger charge is 2.23. The second-order valence-electron chi connectivity index (χ2n) is 5.73. The van der Waals surface area contributed by atoms with Crippen LogP contribution in [0.2, 0.25) is 0 Å². The van der Waals surface area contributed by atoms with Gasteiger partial charge >= 0.3 is 0 Å². The lowest BCUT2D eigenvalue weighted by Crippen LogP contribution is -2.50. The minimum atomic E-state index is 0.565. The third-order valence-corrected chi connectivity index (χ3v) is 4.27. The molecular formula is C14H24N4. The molecule has 18 heavy (non-hydrogen) atoms. The van der Waals surface area contributed by atoms with Crippen LogP contribution in [0.25, 0.3) is 0 Å². The molecule has 0 unspecified atom stereocenters. The number of nitrogens with zero attached hydrogens (tertiary/aromatic N) is 3. The van der Waals surface area contributed by atoms with Gasteiger partial charge in [-0.2, -0.15) is 0 Å². The second-order valence-corrected chi connectivity index (χ2v) is 5.73. The standard InChI is InChI=1S/C14H24N4/c1-12-11-17(9-7-15-12)14-16-8-10-18(14)13-5-3-2-4-6-13/h8,10,12-13,15H,2-7,9,11H2,1H3/t12-/m0/s1. The molecule has 2 heterocycles. The van der Waals surface area contributed by atoms with Gasteiger partial charge in [-0.1, -0.05) is 19.3 Å². The van der Waals surface area contributed by atoms with Gasteiger partial charge in [0, 0.05) is 44.1 Å². The number of anilines is 1. The van der Waals surface area contributed by atoms with E-state index in [1.165, 1.54) is 38.1 Å². The van der Waals surface area contributed by atoms with Crippen molar-refractivity contribution in [2.24, 2.45) is 0 Å². The quantitative estimate of drug-likeness (QED) is 0.871. The molecule has 3 rings (SSSR count). The zero-order chi connectivity index (χ0) is 12.4. The van der Waals surface area contributed by atoms with Crippen molar-refractivity contribution in [1.29, 1.82) is 0 Å². The second kappa shape index (κ2) is 5.31. The number of aromatic nitrogens is 2. The van der Waals surface area contributed by atoms with Gasteiger partial charge in [0.25, 0.3) is 0 Å². The van der Waals surface area contributed by atoms with Crippen molar-refractivity contribution in [2.75, 3.05) is 24.5 Å².